The summed E-state index contributed by atoms with van der Waals surface area (Å²) in [7, 11) is 3.23. The van der Waals surface area contributed by atoms with Crippen molar-refractivity contribution in [3.8, 4) is 0 Å². The average Bonchev–Trinajstić information content (AvgIpc) is 2.65. The Labute approximate surface area is 95.2 Å². The molecule has 90 valence electrons. The van der Waals surface area contributed by atoms with Crippen LogP contribution in [-0.2, 0) is 16.1 Å². The van der Waals surface area contributed by atoms with Crippen LogP contribution in [0.15, 0.2) is 6.33 Å². The van der Waals surface area contributed by atoms with Crippen LogP contribution in [0.5, 0.6) is 0 Å². The molecule has 1 aromatic heterocycles. The molecule has 6 heteroatoms. The van der Waals surface area contributed by atoms with Gasteiger partial charge in [0.2, 0.25) is 0 Å². The Morgan fingerprint density at radius 3 is 2.88 bits per heavy atom. The van der Waals surface area contributed by atoms with E-state index in [0.717, 1.165) is 5.82 Å². The smallest absolute Gasteiger partial charge is 0.319 e. The lowest BCUT2D eigenvalue weighted by atomic mass is 10.4. The summed E-state index contributed by atoms with van der Waals surface area (Å²) in [5, 5.41) is 4.13. The van der Waals surface area contributed by atoms with Gasteiger partial charge >= 0.3 is 5.97 Å². The van der Waals surface area contributed by atoms with Crippen molar-refractivity contribution in [2.45, 2.75) is 26.4 Å². The largest absolute Gasteiger partial charge is 0.468 e. The van der Waals surface area contributed by atoms with Gasteiger partial charge in [0.15, 0.2) is 0 Å². The van der Waals surface area contributed by atoms with Crippen LogP contribution in [0.2, 0.25) is 0 Å². The second-order valence-electron chi connectivity index (χ2n) is 3.96. The van der Waals surface area contributed by atoms with Gasteiger partial charge in [0.05, 0.1) is 20.2 Å². The first-order valence-electron chi connectivity index (χ1n) is 5.18. The maximum absolute atomic E-state index is 11.1. The van der Waals surface area contributed by atoms with Gasteiger partial charge in [-0.2, -0.15) is 5.10 Å². The summed E-state index contributed by atoms with van der Waals surface area (Å²) in [5.74, 6) is 0.597. The zero-order valence-corrected chi connectivity index (χ0v) is 10.2. The molecule has 1 rings (SSSR count). The van der Waals surface area contributed by atoms with E-state index in [9.17, 15) is 4.79 Å². The predicted molar refractivity (Wildman–Crippen MR) is 58.8 cm³/mol. The van der Waals surface area contributed by atoms with Crippen LogP contribution in [0.4, 0.5) is 0 Å². The number of carbonyl (C=O) groups excluding carboxylic acids is 1. The van der Waals surface area contributed by atoms with E-state index in [0.29, 0.717) is 6.54 Å². The third-order valence-electron chi connectivity index (χ3n) is 2.17. The molecule has 0 saturated carbocycles. The minimum atomic E-state index is -0.252. The van der Waals surface area contributed by atoms with Gasteiger partial charge in [0, 0.05) is 6.04 Å². The Bertz CT molecular complexity index is 348. The second kappa shape index (κ2) is 5.60. The molecule has 6 nitrogen and oxygen atoms in total. The highest BCUT2D eigenvalue weighted by molar-refractivity contribution is 5.71. The fourth-order valence-electron chi connectivity index (χ4n) is 1.40. The number of aromatic nitrogens is 3. The van der Waals surface area contributed by atoms with Crippen LogP contribution in [0.25, 0.3) is 0 Å². The van der Waals surface area contributed by atoms with Crippen molar-refractivity contribution >= 4 is 5.97 Å². The summed E-state index contributed by atoms with van der Waals surface area (Å²) >= 11 is 0. The van der Waals surface area contributed by atoms with Crippen LogP contribution in [0.1, 0.15) is 25.7 Å². The lowest BCUT2D eigenvalue weighted by molar-refractivity contribution is -0.141. The standard InChI is InChI=1S/C10H18N4O2/c1-8(2)14-9(11-7-12-14)5-13(3)6-10(15)16-4/h7-8H,5-6H2,1-4H3. The third kappa shape index (κ3) is 3.30. The monoisotopic (exact) mass is 226 g/mol. The molecule has 0 unspecified atom stereocenters. The van der Waals surface area contributed by atoms with Crippen molar-refractivity contribution in [3.63, 3.8) is 0 Å². The molecule has 0 spiro atoms. The number of likely N-dealkylation sites (N-methyl/N-ethyl adjacent to an activating group) is 1. The molecule has 0 aliphatic carbocycles. The molecule has 0 aromatic carbocycles. The van der Waals surface area contributed by atoms with Crippen LogP contribution in [0, 0.1) is 0 Å². The number of ether oxygens (including phenoxy) is 1. The van der Waals surface area contributed by atoms with E-state index in [2.05, 4.69) is 14.8 Å². The van der Waals surface area contributed by atoms with E-state index in [1.54, 1.807) is 0 Å². The van der Waals surface area contributed by atoms with Gasteiger partial charge in [-0.15, -0.1) is 0 Å². The van der Waals surface area contributed by atoms with Crippen LogP contribution >= 0.6 is 0 Å². The quantitative estimate of drug-likeness (QED) is 0.683. The van der Waals surface area contributed by atoms with Gasteiger partial charge in [-0.1, -0.05) is 0 Å². The number of methoxy groups -OCH3 is 1. The minimum absolute atomic E-state index is 0.251. The molecule has 0 N–H and O–H groups in total. The number of carbonyl (C=O) groups is 1. The molecule has 0 fully saturated rings. The van der Waals surface area contributed by atoms with E-state index in [4.69, 9.17) is 0 Å². The summed E-state index contributed by atoms with van der Waals surface area (Å²) in [4.78, 5) is 17.1. The summed E-state index contributed by atoms with van der Waals surface area (Å²) in [6.07, 6.45) is 1.53. The molecule has 16 heavy (non-hydrogen) atoms. The molecular weight excluding hydrogens is 208 g/mol. The zero-order chi connectivity index (χ0) is 12.1. The van der Waals surface area contributed by atoms with Crippen molar-refractivity contribution in [1.82, 2.24) is 19.7 Å². The molecule has 0 radical (unpaired) electrons. The number of hydrogen-bond acceptors (Lipinski definition) is 5. The average molecular weight is 226 g/mol. The number of hydrogen-bond donors (Lipinski definition) is 0. The van der Waals surface area contributed by atoms with Crippen molar-refractivity contribution in [3.05, 3.63) is 12.2 Å². The summed E-state index contributed by atoms with van der Waals surface area (Å²) < 4.78 is 6.44. The van der Waals surface area contributed by atoms with Gasteiger partial charge in [-0.3, -0.25) is 9.69 Å². The fraction of sp³-hybridized carbons (Fsp3) is 0.700. The first kappa shape index (κ1) is 12.6. The topological polar surface area (TPSA) is 60.2 Å². The molecule has 0 saturated heterocycles. The second-order valence-corrected chi connectivity index (χ2v) is 3.96. The fourth-order valence-corrected chi connectivity index (χ4v) is 1.40. The van der Waals surface area contributed by atoms with Gasteiger partial charge in [0.1, 0.15) is 12.2 Å². The first-order chi connectivity index (χ1) is 7.54. The molecule has 1 heterocycles. The third-order valence-corrected chi connectivity index (χ3v) is 2.17. The Kier molecular flexibility index (Phi) is 4.42. The summed E-state index contributed by atoms with van der Waals surface area (Å²) in [5.41, 5.74) is 0. The normalized spacial score (nSPS) is 11.1. The molecule has 0 amide bonds. The SMILES string of the molecule is COC(=O)CN(C)Cc1ncnn1C(C)C. The highest BCUT2D eigenvalue weighted by atomic mass is 16.5. The molecule has 0 bridgehead atoms. The lowest BCUT2D eigenvalue weighted by Crippen LogP contribution is -2.28. The highest BCUT2D eigenvalue weighted by Gasteiger charge is 2.12. The van der Waals surface area contributed by atoms with Crippen LogP contribution in [-0.4, -0.2) is 46.3 Å². The summed E-state index contributed by atoms with van der Waals surface area (Å²) in [6, 6.07) is 0.268. The van der Waals surface area contributed by atoms with Crippen LogP contribution in [0.3, 0.4) is 0 Å². The van der Waals surface area contributed by atoms with E-state index in [-0.39, 0.29) is 18.6 Å². The number of rotatable bonds is 5. The maximum Gasteiger partial charge on any atom is 0.319 e. The van der Waals surface area contributed by atoms with Crippen molar-refractivity contribution in [2.75, 3.05) is 20.7 Å². The van der Waals surface area contributed by atoms with E-state index in [1.165, 1.54) is 13.4 Å². The van der Waals surface area contributed by atoms with Gasteiger partial charge in [-0.05, 0) is 20.9 Å². The number of esters is 1. The van der Waals surface area contributed by atoms with E-state index < -0.39 is 0 Å². The maximum atomic E-state index is 11.1. The Morgan fingerprint density at radius 1 is 1.62 bits per heavy atom. The highest BCUT2D eigenvalue weighted by Crippen LogP contribution is 2.06. The molecule has 0 atom stereocenters. The Hall–Kier alpha value is -1.43. The first-order valence-corrected chi connectivity index (χ1v) is 5.18. The zero-order valence-electron chi connectivity index (χ0n) is 10.2. The van der Waals surface area contributed by atoms with Crippen LogP contribution < -0.4 is 0 Å². The van der Waals surface area contributed by atoms with Crippen molar-refractivity contribution in [1.29, 1.82) is 0 Å². The van der Waals surface area contributed by atoms with Gasteiger partial charge in [-0.25, -0.2) is 9.67 Å². The molecule has 0 aliphatic rings. The minimum Gasteiger partial charge on any atom is -0.468 e. The van der Waals surface area contributed by atoms with Gasteiger partial charge in [0.25, 0.3) is 0 Å². The Morgan fingerprint density at radius 2 is 2.31 bits per heavy atom. The molecule has 1 aromatic rings. The predicted octanol–water partition coefficient (Wildman–Crippen LogP) is 0.464. The van der Waals surface area contributed by atoms with Crippen molar-refractivity contribution < 1.29 is 9.53 Å². The lowest BCUT2D eigenvalue weighted by Gasteiger charge is -2.16. The van der Waals surface area contributed by atoms with Crippen molar-refractivity contribution in [2.24, 2.45) is 0 Å². The van der Waals surface area contributed by atoms with E-state index in [1.807, 2.05) is 30.5 Å². The Balaban J connectivity index is 2.59. The van der Waals surface area contributed by atoms with E-state index >= 15 is 0 Å². The molecule has 0 aliphatic heterocycles. The number of nitrogens with zero attached hydrogens (tertiary/aromatic N) is 4. The molecular formula is C10H18N4O2. The summed E-state index contributed by atoms with van der Waals surface area (Å²) in [6.45, 7) is 4.91. The van der Waals surface area contributed by atoms with Gasteiger partial charge < -0.3 is 4.74 Å².